The molecule has 2 heterocycles. The van der Waals surface area contributed by atoms with E-state index in [1.807, 2.05) is 11.8 Å². The lowest BCUT2D eigenvalue weighted by atomic mass is 9.71. The molecule has 1 N–H and O–H groups in total. The number of amides is 1. The minimum atomic E-state index is -0.266. The number of aliphatic hydroxyl groups is 1. The van der Waals surface area contributed by atoms with Crippen molar-refractivity contribution in [3.05, 3.63) is 0 Å². The van der Waals surface area contributed by atoms with Crippen LogP contribution in [0.1, 0.15) is 58.3 Å². The molecule has 1 amide bonds. The van der Waals surface area contributed by atoms with E-state index in [-0.39, 0.29) is 17.4 Å². The molecule has 5 nitrogen and oxygen atoms in total. The van der Waals surface area contributed by atoms with Gasteiger partial charge in [-0.2, -0.15) is 0 Å². The van der Waals surface area contributed by atoms with Crippen molar-refractivity contribution in [3.8, 4) is 0 Å². The maximum Gasteiger partial charge on any atom is 0.224 e. The number of likely N-dealkylation sites (tertiary alicyclic amines) is 2. The van der Waals surface area contributed by atoms with Gasteiger partial charge in [-0.15, -0.1) is 0 Å². The van der Waals surface area contributed by atoms with E-state index in [0.717, 1.165) is 45.4 Å². The molecule has 3 aliphatic rings. The second kappa shape index (κ2) is 8.15. The van der Waals surface area contributed by atoms with Crippen molar-refractivity contribution in [3.63, 3.8) is 0 Å². The Morgan fingerprint density at radius 3 is 2.71 bits per heavy atom. The molecular formula is C19H34N2O3. The molecule has 0 aromatic heterocycles. The molecule has 0 aromatic rings. The van der Waals surface area contributed by atoms with Crippen LogP contribution in [0.25, 0.3) is 0 Å². The third-order valence-corrected chi connectivity index (χ3v) is 6.38. The Morgan fingerprint density at radius 2 is 1.96 bits per heavy atom. The lowest BCUT2D eigenvalue weighted by Gasteiger charge is -2.52. The highest BCUT2D eigenvalue weighted by Crippen LogP contribution is 2.41. The van der Waals surface area contributed by atoms with Crippen molar-refractivity contribution in [2.45, 2.75) is 70.4 Å². The van der Waals surface area contributed by atoms with E-state index in [1.165, 1.54) is 25.7 Å². The molecular weight excluding hydrogens is 304 g/mol. The number of rotatable bonds is 5. The lowest BCUT2D eigenvalue weighted by molar-refractivity contribution is -0.143. The number of aliphatic hydroxyl groups excluding tert-OH is 1. The molecule has 0 aromatic carbocycles. The van der Waals surface area contributed by atoms with Gasteiger partial charge in [0.15, 0.2) is 0 Å². The van der Waals surface area contributed by atoms with Crippen LogP contribution in [0.4, 0.5) is 0 Å². The zero-order valence-electron chi connectivity index (χ0n) is 15.2. The third kappa shape index (κ3) is 3.94. The van der Waals surface area contributed by atoms with Crippen molar-refractivity contribution in [2.24, 2.45) is 5.41 Å². The predicted molar refractivity (Wildman–Crippen MR) is 93.8 cm³/mol. The molecule has 0 bridgehead atoms. The first-order valence-corrected chi connectivity index (χ1v) is 9.92. The fraction of sp³-hybridized carbons (Fsp3) is 0.947. The van der Waals surface area contributed by atoms with Crippen LogP contribution in [-0.4, -0.2) is 72.4 Å². The summed E-state index contributed by atoms with van der Waals surface area (Å²) >= 11 is 0. The number of hydrogen-bond acceptors (Lipinski definition) is 4. The maximum atomic E-state index is 12.5. The number of hydrogen-bond donors (Lipinski definition) is 1. The third-order valence-electron chi connectivity index (χ3n) is 6.38. The van der Waals surface area contributed by atoms with E-state index in [0.29, 0.717) is 25.7 Å². The van der Waals surface area contributed by atoms with Gasteiger partial charge in [0.05, 0.1) is 19.1 Å². The van der Waals surface area contributed by atoms with E-state index >= 15 is 0 Å². The van der Waals surface area contributed by atoms with Crippen molar-refractivity contribution >= 4 is 5.91 Å². The normalized spacial score (nSPS) is 32.6. The molecule has 138 valence electrons. The molecule has 0 radical (unpaired) electrons. The van der Waals surface area contributed by atoms with Gasteiger partial charge in [0.1, 0.15) is 0 Å². The number of nitrogens with zero attached hydrogens (tertiary/aromatic N) is 2. The first-order chi connectivity index (χ1) is 11.6. The Hall–Kier alpha value is -0.650. The Bertz CT molecular complexity index is 425. The van der Waals surface area contributed by atoms with Gasteiger partial charge in [-0.1, -0.05) is 12.8 Å². The summed E-state index contributed by atoms with van der Waals surface area (Å²) in [7, 11) is 0. The quantitative estimate of drug-likeness (QED) is 0.780. The topological polar surface area (TPSA) is 53.0 Å². The van der Waals surface area contributed by atoms with Crippen LogP contribution in [0, 0.1) is 5.41 Å². The zero-order chi connectivity index (χ0) is 17.0. The van der Waals surface area contributed by atoms with Crippen LogP contribution < -0.4 is 0 Å². The summed E-state index contributed by atoms with van der Waals surface area (Å²) < 4.78 is 5.33. The highest BCUT2D eigenvalue weighted by Gasteiger charge is 2.47. The van der Waals surface area contributed by atoms with Crippen LogP contribution >= 0.6 is 0 Å². The molecule has 1 saturated carbocycles. The van der Waals surface area contributed by atoms with Gasteiger partial charge < -0.3 is 14.7 Å². The van der Waals surface area contributed by atoms with Crippen LogP contribution in [0.3, 0.4) is 0 Å². The van der Waals surface area contributed by atoms with Crippen molar-refractivity contribution in [2.75, 3.05) is 39.4 Å². The summed E-state index contributed by atoms with van der Waals surface area (Å²) in [5, 5.41) is 10.8. The molecule has 3 rings (SSSR count). The van der Waals surface area contributed by atoms with Gasteiger partial charge in [0, 0.05) is 44.2 Å². The molecule has 1 unspecified atom stereocenters. The van der Waals surface area contributed by atoms with Crippen LogP contribution in [-0.2, 0) is 9.53 Å². The zero-order valence-corrected chi connectivity index (χ0v) is 15.2. The highest BCUT2D eigenvalue weighted by atomic mass is 16.5. The molecule has 2 atom stereocenters. The SMILES string of the molecule is CCOCCC(=O)N1CCC[C@]2(C1)CN(C1CCCC1)CCC2O. The Labute approximate surface area is 146 Å². The summed E-state index contributed by atoms with van der Waals surface area (Å²) in [6.07, 6.45) is 8.42. The van der Waals surface area contributed by atoms with Crippen LogP contribution in [0.5, 0.6) is 0 Å². The second-order valence-corrected chi connectivity index (χ2v) is 7.94. The van der Waals surface area contributed by atoms with Gasteiger partial charge >= 0.3 is 0 Å². The molecule has 2 saturated heterocycles. The average molecular weight is 338 g/mol. The number of carbonyl (C=O) groups excluding carboxylic acids is 1. The van der Waals surface area contributed by atoms with E-state index in [2.05, 4.69) is 4.90 Å². The molecule has 5 heteroatoms. The Kier molecular flexibility index (Phi) is 6.17. The van der Waals surface area contributed by atoms with Gasteiger partial charge in [0.2, 0.25) is 5.91 Å². The second-order valence-electron chi connectivity index (χ2n) is 7.94. The van der Waals surface area contributed by atoms with Crippen molar-refractivity contribution < 1.29 is 14.6 Å². The average Bonchev–Trinajstić information content (AvgIpc) is 3.12. The number of ether oxygens (including phenoxy) is 1. The molecule has 1 spiro atoms. The van der Waals surface area contributed by atoms with Gasteiger partial charge in [-0.3, -0.25) is 9.69 Å². The van der Waals surface area contributed by atoms with Gasteiger partial charge in [-0.05, 0) is 39.0 Å². The first kappa shape index (κ1) is 18.2. The van der Waals surface area contributed by atoms with Gasteiger partial charge in [-0.25, -0.2) is 0 Å². The fourth-order valence-electron chi connectivity index (χ4n) is 5.00. The standard InChI is InChI=1S/C19H34N2O3/c1-2-24-13-9-18(23)21-11-5-10-19(15-21)14-20(12-8-17(19)22)16-6-3-4-7-16/h16-17,22H,2-15H2,1H3/t17?,19-/m1/s1. The Morgan fingerprint density at radius 1 is 1.17 bits per heavy atom. The van der Waals surface area contributed by atoms with Crippen molar-refractivity contribution in [1.29, 1.82) is 0 Å². The molecule has 2 aliphatic heterocycles. The molecule has 3 fully saturated rings. The van der Waals surface area contributed by atoms with E-state index in [4.69, 9.17) is 4.74 Å². The number of piperidine rings is 2. The Balaban J connectivity index is 1.62. The lowest BCUT2D eigenvalue weighted by Crippen LogP contribution is -2.61. The summed E-state index contributed by atoms with van der Waals surface area (Å²) in [5.41, 5.74) is -0.111. The summed E-state index contributed by atoms with van der Waals surface area (Å²) in [6.45, 7) is 6.67. The van der Waals surface area contributed by atoms with Crippen molar-refractivity contribution in [1.82, 2.24) is 9.80 Å². The van der Waals surface area contributed by atoms with Crippen LogP contribution in [0.2, 0.25) is 0 Å². The van der Waals surface area contributed by atoms with Crippen LogP contribution in [0.15, 0.2) is 0 Å². The maximum absolute atomic E-state index is 12.5. The fourth-order valence-corrected chi connectivity index (χ4v) is 5.00. The first-order valence-electron chi connectivity index (χ1n) is 9.92. The minimum absolute atomic E-state index is 0.111. The number of carbonyl (C=O) groups is 1. The van der Waals surface area contributed by atoms with Gasteiger partial charge in [0.25, 0.3) is 0 Å². The largest absolute Gasteiger partial charge is 0.392 e. The molecule has 1 aliphatic carbocycles. The smallest absolute Gasteiger partial charge is 0.224 e. The summed E-state index contributed by atoms with van der Waals surface area (Å²) in [6, 6.07) is 0.707. The summed E-state index contributed by atoms with van der Waals surface area (Å²) in [5.74, 6) is 0.188. The highest BCUT2D eigenvalue weighted by molar-refractivity contribution is 5.76. The van der Waals surface area contributed by atoms with E-state index < -0.39 is 0 Å². The monoisotopic (exact) mass is 338 g/mol. The molecule has 24 heavy (non-hydrogen) atoms. The van der Waals surface area contributed by atoms with E-state index in [1.54, 1.807) is 0 Å². The predicted octanol–water partition coefficient (Wildman–Crippen LogP) is 2.03. The van der Waals surface area contributed by atoms with E-state index in [9.17, 15) is 9.90 Å². The minimum Gasteiger partial charge on any atom is -0.392 e. The summed E-state index contributed by atoms with van der Waals surface area (Å²) in [4.78, 5) is 17.1.